The summed E-state index contributed by atoms with van der Waals surface area (Å²) in [5, 5.41) is 2.37. The molecule has 0 fully saturated rings. The number of nitrogens with one attached hydrogen (secondary N) is 2. The molecule has 0 aliphatic heterocycles. The summed E-state index contributed by atoms with van der Waals surface area (Å²) >= 11 is 2.37. The summed E-state index contributed by atoms with van der Waals surface area (Å²) in [5.41, 5.74) is 0. The highest BCUT2D eigenvalue weighted by atomic mass is 32.2. The van der Waals surface area contributed by atoms with Crippen molar-refractivity contribution in [3.8, 4) is 0 Å². The van der Waals surface area contributed by atoms with Crippen molar-refractivity contribution in [1.29, 1.82) is 0 Å². The second-order valence-electron chi connectivity index (χ2n) is 4.61. The van der Waals surface area contributed by atoms with Gasteiger partial charge < -0.3 is 0 Å². The normalized spacial score (nSPS) is 10.6. The van der Waals surface area contributed by atoms with Crippen molar-refractivity contribution >= 4 is 46.5 Å². The van der Waals surface area contributed by atoms with E-state index < -0.39 is 11.8 Å². The van der Waals surface area contributed by atoms with Gasteiger partial charge in [0.1, 0.15) is 0 Å². The zero-order valence-corrected chi connectivity index (χ0v) is 13.4. The maximum atomic E-state index is 11.7. The first-order valence-electron chi connectivity index (χ1n) is 6.48. The molecular weight excluding hydrogens is 304 g/mol. The van der Waals surface area contributed by atoms with Gasteiger partial charge in [0.25, 0.3) is 0 Å². The predicted octanol–water partition coefficient (Wildman–Crippen LogP) is 3.14. The van der Waals surface area contributed by atoms with Gasteiger partial charge in [0.05, 0.1) is 0 Å². The van der Waals surface area contributed by atoms with Crippen LogP contribution in [0.3, 0.4) is 0 Å². The Morgan fingerprint density at radius 3 is 2.38 bits per heavy atom. The minimum Gasteiger partial charge on any atom is -0.292 e. The summed E-state index contributed by atoms with van der Waals surface area (Å²) in [6.07, 6.45) is 0. The molecule has 2 amide bonds. The first kappa shape index (κ1) is 15.7. The quantitative estimate of drug-likeness (QED) is 0.671. The number of carbonyl (C=O) groups excluding carboxylic acids is 2. The molecule has 0 aliphatic carbocycles. The Bertz CT molecular complexity index is 654. The lowest BCUT2D eigenvalue weighted by atomic mass is 10.1. The topological polar surface area (TPSA) is 58.2 Å². The zero-order valence-electron chi connectivity index (χ0n) is 11.8. The lowest BCUT2D eigenvalue weighted by Crippen LogP contribution is -2.34. The monoisotopic (exact) mass is 320 g/mol. The van der Waals surface area contributed by atoms with Crippen LogP contribution >= 0.6 is 23.9 Å². The molecule has 110 valence electrons. The number of hydrogen-bond acceptors (Lipinski definition) is 4. The molecule has 2 aromatic rings. The largest absolute Gasteiger partial charge is 0.320 e. The van der Waals surface area contributed by atoms with E-state index in [-0.39, 0.29) is 5.25 Å². The zero-order chi connectivity index (χ0) is 15.2. The van der Waals surface area contributed by atoms with E-state index >= 15 is 0 Å². The Hall–Kier alpha value is -1.66. The number of carbonyl (C=O) groups is 2. The number of benzene rings is 2. The van der Waals surface area contributed by atoms with Crippen LogP contribution in [-0.2, 0) is 9.59 Å². The number of hydrogen-bond donors (Lipinski definition) is 2. The van der Waals surface area contributed by atoms with E-state index in [1.54, 1.807) is 0 Å². The van der Waals surface area contributed by atoms with Crippen molar-refractivity contribution < 1.29 is 9.59 Å². The van der Waals surface area contributed by atoms with Crippen LogP contribution in [0.15, 0.2) is 47.4 Å². The van der Waals surface area contributed by atoms with Gasteiger partial charge >= 0.3 is 11.8 Å². The van der Waals surface area contributed by atoms with E-state index in [0.29, 0.717) is 0 Å². The smallest absolute Gasteiger partial charge is 0.292 e. The summed E-state index contributed by atoms with van der Waals surface area (Å²) in [6, 6.07) is 13.7. The minimum absolute atomic E-state index is 0.229. The molecule has 4 nitrogen and oxygen atoms in total. The Labute approximate surface area is 132 Å². The van der Waals surface area contributed by atoms with Gasteiger partial charge in [-0.05, 0) is 40.7 Å². The molecule has 0 aromatic heterocycles. The van der Waals surface area contributed by atoms with E-state index in [4.69, 9.17) is 0 Å². The first-order chi connectivity index (χ1) is 10.1. The van der Waals surface area contributed by atoms with Crippen molar-refractivity contribution in [3.05, 3.63) is 42.5 Å². The summed E-state index contributed by atoms with van der Waals surface area (Å²) in [5.74, 6) is -1.29. The van der Waals surface area contributed by atoms with Crippen LogP contribution < -0.4 is 9.44 Å². The molecule has 0 heterocycles. The molecule has 0 saturated heterocycles. The Morgan fingerprint density at radius 1 is 0.952 bits per heavy atom. The molecule has 0 bridgehead atoms. The van der Waals surface area contributed by atoms with Crippen molar-refractivity contribution in [2.45, 2.75) is 24.0 Å². The highest BCUT2D eigenvalue weighted by Gasteiger charge is 2.14. The Kier molecular flexibility index (Phi) is 5.52. The molecule has 0 radical (unpaired) electrons. The average molecular weight is 320 g/mol. The van der Waals surface area contributed by atoms with Crippen LogP contribution in [-0.4, -0.2) is 17.1 Å². The van der Waals surface area contributed by atoms with E-state index in [1.165, 1.54) is 11.9 Å². The third-order valence-electron chi connectivity index (χ3n) is 2.60. The van der Waals surface area contributed by atoms with Crippen LogP contribution in [0.1, 0.15) is 13.8 Å². The lowest BCUT2D eigenvalue weighted by Gasteiger charge is -2.08. The van der Waals surface area contributed by atoms with Gasteiger partial charge in [0.15, 0.2) is 0 Å². The Balaban J connectivity index is 1.98. The molecule has 2 aromatic carbocycles. The second-order valence-corrected chi connectivity index (χ2v) is 6.84. The predicted molar refractivity (Wildman–Crippen MR) is 88.8 cm³/mol. The Morgan fingerprint density at radius 2 is 1.62 bits per heavy atom. The van der Waals surface area contributed by atoms with Gasteiger partial charge in [0.2, 0.25) is 0 Å². The van der Waals surface area contributed by atoms with Crippen molar-refractivity contribution in [1.82, 2.24) is 9.44 Å². The number of fused-ring (bicyclic) bond motifs is 1. The third-order valence-corrected chi connectivity index (χ3v) is 4.23. The summed E-state index contributed by atoms with van der Waals surface area (Å²) < 4.78 is 5.07. The van der Waals surface area contributed by atoms with Crippen LogP contribution in [0.4, 0.5) is 0 Å². The summed E-state index contributed by atoms with van der Waals surface area (Å²) in [6.45, 7) is 3.88. The summed E-state index contributed by atoms with van der Waals surface area (Å²) in [7, 11) is 0. The van der Waals surface area contributed by atoms with Gasteiger partial charge in [-0.1, -0.05) is 50.2 Å². The van der Waals surface area contributed by atoms with Gasteiger partial charge in [-0.2, -0.15) is 0 Å². The minimum atomic E-state index is -0.652. The van der Waals surface area contributed by atoms with E-state index in [2.05, 4.69) is 9.44 Å². The van der Waals surface area contributed by atoms with Gasteiger partial charge in [-0.25, -0.2) is 0 Å². The fourth-order valence-corrected chi connectivity index (χ4v) is 2.82. The molecule has 6 heteroatoms. The average Bonchev–Trinajstić information content (AvgIpc) is 2.50. The van der Waals surface area contributed by atoms with Crippen LogP contribution in [0.25, 0.3) is 10.8 Å². The maximum Gasteiger partial charge on any atom is 0.320 e. The first-order valence-corrected chi connectivity index (χ1v) is 8.18. The molecule has 0 aliphatic rings. The SMILES string of the molecule is CC(C)SNC(=O)C(=O)NSc1cccc2ccccc12. The van der Waals surface area contributed by atoms with Gasteiger partial charge in [-0.15, -0.1) is 0 Å². The van der Waals surface area contributed by atoms with Crippen molar-refractivity contribution in [3.63, 3.8) is 0 Å². The lowest BCUT2D eigenvalue weighted by molar-refractivity contribution is -0.136. The second kappa shape index (κ2) is 7.38. The van der Waals surface area contributed by atoms with E-state index in [9.17, 15) is 9.59 Å². The van der Waals surface area contributed by atoms with E-state index in [1.807, 2.05) is 56.3 Å². The standard InChI is InChI=1S/C15H16N2O2S2/c1-10(2)20-16-14(18)15(19)17-21-13-9-5-7-11-6-3-4-8-12(11)13/h3-10H,1-2H3,(H,16,18)(H,17,19). The van der Waals surface area contributed by atoms with Crippen LogP contribution in [0.5, 0.6) is 0 Å². The molecule has 0 spiro atoms. The molecule has 2 N–H and O–H groups in total. The maximum absolute atomic E-state index is 11.7. The highest BCUT2D eigenvalue weighted by Crippen LogP contribution is 2.25. The van der Waals surface area contributed by atoms with E-state index in [0.717, 1.165) is 27.6 Å². The van der Waals surface area contributed by atoms with Crippen molar-refractivity contribution in [2.24, 2.45) is 0 Å². The molecule has 2 rings (SSSR count). The summed E-state index contributed by atoms with van der Waals surface area (Å²) in [4.78, 5) is 24.2. The van der Waals surface area contributed by atoms with Gasteiger partial charge in [0, 0.05) is 10.1 Å². The molecule has 0 atom stereocenters. The fraction of sp³-hybridized carbons (Fsp3) is 0.200. The number of amides is 2. The van der Waals surface area contributed by atoms with Gasteiger partial charge in [-0.3, -0.25) is 19.0 Å². The fourth-order valence-electron chi connectivity index (χ4n) is 1.65. The van der Waals surface area contributed by atoms with Crippen LogP contribution in [0, 0.1) is 0 Å². The number of rotatable bonds is 4. The molecule has 21 heavy (non-hydrogen) atoms. The highest BCUT2D eigenvalue weighted by molar-refractivity contribution is 7.99. The van der Waals surface area contributed by atoms with Crippen LogP contribution in [0.2, 0.25) is 0 Å². The van der Waals surface area contributed by atoms with Crippen molar-refractivity contribution in [2.75, 3.05) is 0 Å². The third kappa shape index (κ3) is 4.41. The molecule has 0 saturated carbocycles. The molecular formula is C15H16N2O2S2. The molecule has 0 unspecified atom stereocenters.